The minimum absolute atomic E-state index is 0.208. The van der Waals surface area contributed by atoms with Gasteiger partial charge in [0.15, 0.2) is 33.0 Å². The smallest absolute Gasteiger partial charge is 0.344 e. The van der Waals surface area contributed by atoms with Gasteiger partial charge in [0.25, 0.3) is 0 Å². The molecule has 0 atom stereocenters. The molecule has 6 rings (SSSR count). The summed E-state index contributed by atoms with van der Waals surface area (Å²) in [6, 6.07) is 28.5. The van der Waals surface area contributed by atoms with E-state index in [0.29, 0.717) is 84.4 Å². The molecule has 5 aromatic carbocycles. The van der Waals surface area contributed by atoms with Gasteiger partial charge in [-0.3, -0.25) is 0 Å². The first-order chi connectivity index (χ1) is 37.3. The summed E-state index contributed by atoms with van der Waals surface area (Å²) in [6.07, 6.45) is 1.04. The Balaban J connectivity index is 1.64. The highest BCUT2D eigenvalue weighted by Gasteiger charge is 2.28. The van der Waals surface area contributed by atoms with Crippen LogP contribution in [0.3, 0.4) is 0 Å². The van der Waals surface area contributed by atoms with Crippen LogP contribution in [0, 0.1) is 0 Å². The highest BCUT2D eigenvalue weighted by Crippen LogP contribution is 2.40. The standard InChI is InChI=1S/C65H80O15/c1-61(2,3)76-51(66)36-71-56-41-21-16-22-42(56)32-44-24-18-26-46(58(44)73-38-53(68)78-63(7,8)9)34-48-28-20-30-50(60(48)75-40-55(70)80-65(13,14)15)35-49-29-19-27-47(59(49)74-39-54(69)79-64(10,11)12)33-45-25-17-23-43(31-41)57(45)72-37-52(67)77-62(4,5)6/h16-30H,31-40H2,1-15H3. The first-order valence-electron chi connectivity index (χ1n) is 27.0. The van der Waals surface area contributed by atoms with E-state index < -0.39 is 90.9 Å². The van der Waals surface area contributed by atoms with Crippen LogP contribution in [0.2, 0.25) is 0 Å². The van der Waals surface area contributed by atoms with Gasteiger partial charge >= 0.3 is 29.8 Å². The van der Waals surface area contributed by atoms with Crippen molar-refractivity contribution in [3.63, 3.8) is 0 Å². The number of para-hydroxylation sites is 5. The Labute approximate surface area is 471 Å². The molecule has 10 bridgehead atoms. The Bertz CT molecular complexity index is 2450. The van der Waals surface area contributed by atoms with Crippen molar-refractivity contribution in [3.05, 3.63) is 147 Å². The third-order valence-corrected chi connectivity index (χ3v) is 11.6. The molecular formula is C65H80O15. The zero-order chi connectivity index (χ0) is 58.8. The molecule has 0 saturated carbocycles. The lowest BCUT2D eigenvalue weighted by atomic mass is 9.91. The Morgan fingerprint density at radius 1 is 0.263 bits per heavy atom. The van der Waals surface area contributed by atoms with E-state index >= 15 is 0 Å². The highest BCUT2D eigenvalue weighted by molar-refractivity contribution is 5.74. The van der Waals surface area contributed by atoms with Gasteiger partial charge < -0.3 is 47.4 Å². The Kier molecular flexibility index (Phi) is 19.8. The number of hydrogen-bond acceptors (Lipinski definition) is 15. The summed E-state index contributed by atoms with van der Waals surface area (Å²) in [4.78, 5) is 67.2. The lowest BCUT2D eigenvalue weighted by molar-refractivity contribution is -0.158. The van der Waals surface area contributed by atoms with Gasteiger partial charge in [-0.2, -0.15) is 0 Å². The molecule has 0 saturated heterocycles. The largest absolute Gasteiger partial charge is 0.481 e. The zero-order valence-corrected chi connectivity index (χ0v) is 49.4. The van der Waals surface area contributed by atoms with Gasteiger partial charge in [-0.25, -0.2) is 24.0 Å². The van der Waals surface area contributed by atoms with E-state index in [1.54, 1.807) is 104 Å². The molecule has 15 heteroatoms. The van der Waals surface area contributed by atoms with Gasteiger partial charge in [0.2, 0.25) is 0 Å². The van der Waals surface area contributed by atoms with Crippen molar-refractivity contribution in [2.24, 2.45) is 0 Å². The molecule has 0 aromatic heterocycles. The molecule has 1 aliphatic carbocycles. The number of esters is 5. The fourth-order valence-corrected chi connectivity index (χ4v) is 9.05. The van der Waals surface area contributed by atoms with E-state index in [0.717, 1.165) is 0 Å². The van der Waals surface area contributed by atoms with Crippen molar-refractivity contribution in [2.75, 3.05) is 33.0 Å². The van der Waals surface area contributed by atoms with Crippen molar-refractivity contribution in [2.45, 2.75) is 164 Å². The summed E-state index contributed by atoms with van der Waals surface area (Å²) in [5.41, 5.74) is 2.86. The second-order valence-electron chi connectivity index (χ2n) is 24.8. The van der Waals surface area contributed by atoms with Gasteiger partial charge in [-0.05, 0) is 159 Å². The Morgan fingerprint density at radius 3 is 0.500 bits per heavy atom. The number of ether oxygens (including phenoxy) is 10. The van der Waals surface area contributed by atoms with E-state index in [1.165, 1.54) is 0 Å². The van der Waals surface area contributed by atoms with Crippen LogP contribution >= 0.6 is 0 Å². The Morgan fingerprint density at radius 2 is 0.388 bits per heavy atom. The van der Waals surface area contributed by atoms with Crippen molar-refractivity contribution in [1.82, 2.24) is 0 Å². The van der Waals surface area contributed by atoms with Crippen LogP contribution in [-0.4, -0.2) is 90.9 Å². The predicted molar refractivity (Wildman–Crippen MR) is 303 cm³/mol. The first kappa shape index (κ1) is 61.7. The molecule has 0 fully saturated rings. The van der Waals surface area contributed by atoms with Gasteiger partial charge in [0.05, 0.1) is 0 Å². The number of benzene rings is 5. The lowest BCUT2D eigenvalue weighted by Gasteiger charge is -2.24. The van der Waals surface area contributed by atoms with Gasteiger partial charge in [-0.15, -0.1) is 0 Å². The van der Waals surface area contributed by atoms with Crippen LogP contribution in [-0.2, 0) is 79.8 Å². The molecule has 1 aliphatic rings. The molecule has 5 aromatic rings. The molecule has 0 spiro atoms. The molecule has 430 valence electrons. The maximum Gasteiger partial charge on any atom is 0.344 e. The van der Waals surface area contributed by atoms with Crippen molar-refractivity contribution >= 4 is 29.8 Å². The van der Waals surface area contributed by atoms with E-state index in [2.05, 4.69) is 0 Å². The van der Waals surface area contributed by atoms with Crippen LogP contribution < -0.4 is 23.7 Å². The second kappa shape index (κ2) is 25.7. The summed E-state index contributed by atoms with van der Waals surface area (Å²) < 4.78 is 61.3. The van der Waals surface area contributed by atoms with Gasteiger partial charge in [0.1, 0.15) is 56.8 Å². The maximum absolute atomic E-state index is 13.4. The average molecular weight is 1100 g/mol. The molecular weight excluding hydrogens is 1020 g/mol. The first-order valence-corrected chi connectivity index (χ1v) is 27.0. The fourth-order valence-electron chi connectivity index (χ4n) is 9.05. The van der Waals surface area contributed by atoms with Crippen LogP contribution in [0.4, 0.5) is 0 Å². The third-order valence-electron chi connectivity index (χ3n) is 11.6. The topological polar surface area (TPSA) is 178 Å². The zero-order valence-electron chi connectivity index (χ0n) is 49.4. The lowest BCUT2D eigenvalue weighted by Crippen LogP contribution is -2.28. The molecule has 0 aliphatic heterocycles. The number of carbonyl (C=O) groups is 5. The summed E-state index contributed by atoms with van der Waals surface area (Å²) in [5, 5.41) is 0. The second-order valence-corrected chi connectivity index (χ2v) is 24.8. The molecule has 0 radical (unpaired) electrons. The maximum atomic E-state index is 13.4. The number of hydrogen-bond donors (Lipinski definition) is 0. The molecule has 0 amide bonds. The normalized spacial score (nSPS) is 12.9. The fraction of sp³-hybridized carbons (Fsp3) is 0.462. The minimum atomic E-state index is -0.786. The SMILES string of the molecule is CC(C)(C)OC(=O)COc1c2cccc1Cc1cccc(c1OCC(=O)OC(C)(C)C)Cc1cccc(c1OCC(=O)OC(C)(C)C)Cc1cccc(c1OCC(=O)OC(C)(C)C)Cc1cccc(c1OCC(=O)OC(C)(C)C)C2. The number of fused-ring (bicyclic) bond motifs is 10. The molecule has 80 heavy (non-hydrogen) atoms. The summed E-state index contributed by atoms with van der Waals surface area (Å²) in [5.74, 6) is -0.898. The Hall–Kier alpha value is -7.55. The van der Waals surface area contributed by atoms with E-state index in [-0.39, 0.29) is 32.1 Å². The summed E-state index contributed by atoms with van der Waals surface area (Å²) in [6.45, 7) is 24.6. The van der Waals surface area contributed by atoms with Crippen molar-refractivity contribution in [1.29, 1.82) is 0 Å². The number of carbonyl (C=O) groups excluding carboxylic acids is 5. The van der Waals surface area contributed by atoms with E-state index in [9.17, 15) is 24.0 Å². The molecule has 0 heterocycles. The van der Waals surface area contributed by atoms with Crippen LogP contribution in [0.25, 0.3) is 0 Å². The third kappa shape index (κ3) is 19.4. The highest BCUT2D eigenvalue weighted by atomic mass is 16.6. The summed E-state index contributed by atoms with van der Waals surface area (Å²) in [7, 11) is 0. The van der Waals surface area contributed by atoms with Gasteiger partial charge in [-0.1, -0.05) is 91.0 Å². The van der Waals surface area contributed by atoms with Gasteiger partial charge in [0, 0.05) is 32.1 Å². The number of rotatable bonds is 15. The summed E-state index contributed by atoms with van der Waals surface area (Å²) >= 11 is 0. The predicted octanol–water partition coefficient (Wildman–Crippen LogP) is 11.6. The molecule has 0 unspecified atom stereocenters. The van der Waals surface area contributed by atoms with Crippen molar-refractivity contribution < 1.29 is 71.3 Å². The molecule has 15 nitrogen and oxygen atoms in total. The molecule has 0 N–H and O–H groups in total. The average Bonchev–Trinajstić information content (AvgIpc) is 3.30. The van der Waals surface area contributed by atoms with Crippen molar-refractivity contribution in [3.8, 4) is 28.7 Å². The van der Waals surface area contributed by atoms with Crippen LogP contribution in [0.5, 0.6) is 28.7 Å². The van der Waals surface area contributed by atoms with Crippen LogP contribution in [0.1, 0.15) is 159 Å². The quantitative estimate of drug-likeness (QED) is 0.0700. The van der Waals surface area contributed by atoms with E-state index in [4.69, 9.17) is 47.4 Å². The van der Waals surface area contributed by atoms with Crippen LogP contribution in [0.15, 0.2) is 91.0 Å². The monoisotopic (exact) mass is 1100 g/mol. The minimum Gasteiger partial charge on any atom is -0.481 e. The van der Waals surface area contributed by atoms with E-state index in [1.807, 2.05) is 91.0 Å².